The zero-order chi connectivity index (χ0) is 28.8. The van der Waals surface area contributed by atoms with Crippen LogP contribution in [0.3, 0.4) is 0 Å². The zero-order valence-electron chi connectivity index (χ0n) is 23.3. The summed E-state index contributed by atoms with van der Waals surface area (Å²) in [6.45, 7) is 7.43. The van der Waals surface area contributed by atoms with Crippen LogP contribution < -0.4 is 0 Å². The van der Waals surface area contributed by atoms with E-state index in [0.29, 0.717) is 5.69 Å². The van der Waals surface area contributed by atoms with E-state index in [9.17, 15) is 0 Å². The molecule has 0 fully saturated rings. The Hall–Kier alpha value is -5.98. The lowest BCUT2D eigenvalue weighted by Gasteiger charge is -2.13. The summed E-state index contributed by atoms with van der Waals surface area (Å²) in [4.78, 5) is 7.89. The molecule has 8 rings (SSSR count). The Labute approximate surface area is 249 Å². The van der Waals surface area contributed by atoms with Gasteiger partial charge in [-0.3, -0.25) is 4.98 Å². The first-order valence-electron chi connectivity index (χ1n) is 14.3. The van der Waals surface area contributed by atoms with Crippen LogP contribution in [0, 0.1) is 6.57 Å². The Balaban J connectivity index is 1.45. The quantitative estimate of drug-likeness (QED) is 0.201. The predicted molar refractivity (Wildman–Crippen MR) is 179 cm³/mol. The van der Waals surface area contributed by atoms with Crippen molar-refractivity contribution >= 4 is 38.3 Å². The number of para-hydroxylation sites is 1. The van der Waals surface area contributed by atoms with Crippen molar-refractivity contribution in [3.05, 3.63) is 163 Å². The molecule has 0 N–H and O–H groups in total. The summed E-state index contributed by atoms with van der Waals surface area (Å²) in [6.07, 6.45) is 3.43. The SMILES string of the molecule is [C-]#[N+]c1cncc(-c2cccc(-c3cc4c(c5ccccc35)c3ccc(-c5ccccc5)cc3n4-c3ccccc3)c2)c1. The van der Waals surface area contributed by atoms with Crippen molar-refractivity contribution in [3.63, 3.8) is 0 Å². The van der Waals surface area contributed by atoms with Crippen molar-refractivity contribution in [3.8, 4) is 39.1 Å². The Morgan fingerprint density at radius 1 is 0.488 bits per heavy atom. The normalized spacial score (nSPS) is 11.2. The molecular formula is C40H25N3. The topological polar surface area (TPSA) is 22.2 Å². The van der Waals surface area contributed by atoms with Gasteiger partial charge in [0.1, 0.15) is 0 Å². The maximum absolute atomic E-state index is 7.43. The standard InChI is InChI=1S/C40H25N3/c1-41-32-22-31(25-42-26-32)28-13-10-14-30(21-28)37-24-39-40(35-18-9-8-17-34(35)37)36-20-19-29(27-11-4-2-5-12-27)23-38(36)43(39)33-15-6-3-7-16-33/h2-26H. The first-order valence-corrected chi connectivity index (χ1v) is 14.3. The molecule has 43 heavy (non-hydrogen) atoms. The number of fused-ring (bicyclic) bond motifs is 5. The van der Waals surface area contributed by atoms with E-state index in [4.69, 9.17) is 6.57 Å². The minimum atomic E-state index is 0.539. The first kappa shape index (κ1) is 24.8. The van der Waals surface area contributed by atoms with Gasteiger partial charge in [0, 0.05) is 28.9 Å². The summed E-state index contributed by atoms with van der Waals surface area (Å²) in [7, 11) is 0. The number of benzene rings is 6. The largest absolute Gasteiger partial charge is 0.309 e. The third-order valence-electron chi connectivity index (χ3n) is 8.25. The van der Waals surface area contributed by atoms with Gasteiger partial charge in [-0.25, -0.2) is 4.85 Å². The van der Waals surface area contributed by atoms with Crippen LogP contribution in [0.4, 0.5) is 5.69 Å². The van der Waals surface area contributed by atoms with Crippen molar-refractivity contribution in [1.82, 2.24) is 9.55 Å². The van der Waals surface area contributed by atoms with Crippen molar-refractivity contribution in [2.24, 2.45) is 0 Å². The zero-order valence-corrected chi connectivity index (χ0v) is 23.3. The fourth-order valence-electron chi connectivity index (χ4n) is 6.30. The molecule has 0 saturated heterocycles. The lowest BCUT2D eigenvalue weighted by molar-refractivity contribution is 1.18. The average molecular weight is 548 g/mol. The summed E-state index contributed by atoms with van der Waals surface area (Å²) >= 11 is 0. The molecule has 0 bridgehead atoms. The van der Waals surface area contributed by atoms with Crippen LogP contribution in [-0.2, 0) is 0 Å². The van der Waals surface area contributed by atoms with Gasteiger partial charge in [-0.15, -0.1) is 0 Å². The Bertz CT molecular complexity index is 2340. The summed E-state index contributed by atoms with van der Waals surface area (Å²) in [5, 5.41) is 4.92. The van der Waals surface area contributed by atoms with E-state index in [-0.39, 0.29) is 0 Å². The van der Waals surface area contributed by atoms with Gasteiger partial charge in [-0.05, 0) is 80.6 Å². The summed E-state index contributed by atoms with van der Waals surface area (Å²) < 4.78 is 2.40. The Morgan fingerprint density at radius 2 is 1.19 bits per heavy atom. The molecule has 6 aromatic carbocycles. The molecule has 3 heteroatoms. The Morgan fingerprint density at radius 3 is 2.00 bits per heavy atom. The number of nitrogens with zero attached hydrogens (tertiary/aromatic N) is 3. The molecule has 0 atom stereocenters. The number of aromatic nitrogens is 2. The lowest BCUT2D eigenvalue weighted by Crippen LogP contribution is -1.94. The molecule has 0 aliphatic rings. The molecule has 0 aliphatic carbocycles. The number of hydrogen-bond acceptors (Lipinski definition) is 1. The highest BCUT2D eigenvalue weighted by Crippen LogP contribution is 2.43. The molecule has 200 valence electrons. The number of pyridine rings is 1. The van der Waals surface area contributed by atoms with Crippen LogP contribution in [-0.4, -0.2) is 9.55 Å². The summed E-state index contributed by atoms with van der Waals surface area (Å²) in [5.74, 6) is 0. The second-order valence-corrected chi connectivity index (χ2v) is 10.8. The average Bonchev–Trinajstić information content (AvgIpc) is 3.42. The van der Waals surface area contributed by atoms with Gasteiger partial charge in [-0.1, -0.05) is 103 Å². The van der Waals surface area contributed by atoms with E-state index in [1.54, 1.807) is 6.20 Å². The molecule has 8 aromatic rings. The van der Waals surface area contributed by atoms with Crippen LogP contribution in [0.5, 0.6) is 0 Å². The van der Waals surface area contributed by atoms with E-state index in [2.05, 4.69) is 148 Å². The second-order valence-electron chi connectivity index (χ2n) is 10.8. The number of rotatable bonds is 4. The molecule has 0 saturated carbocycles. The molecule has 0 aliphatic heterocycles. The van der Waals surface area contributed by atoms with Crippen molar-refractivity contribution < 1.29 is 0 Å². The van der Waals surface area contributed by atoms with Crippen LogP contribution in [0.25, 0.3) is 76.5 Å². The van der Waals surface area contributed by atoms with Gasteiger partial charge in [0.15, 0.2) is 0 Å². The fraction of sp³-hybridized carbons (Fsp3) is 0. The summed E-state index contributed by atoms with van der Waals surface area (Å²) in [5.41, 5.74) is 10.7. The van der Waals surface area contributed by atoms with Gasteiger partial charge in [0.25, 0.3) is 0 Å². The third kappa shape index (κ3) is 4.17. The van der Waals surface area contributed by atoms with Gasteiger partial charge in [0.05, 0.1) is 17.6 Å². The number of hydrogen-bond donors (Lipinski definition) is 0. The van der Waals surface area contributed by atoms with E-state index in [1.165, 1.54) is 49.3 Å². The third-order valence-corrected chi connectivity index (χ3v) is 8.25. The van der Waals surface area contributed by atoms with Gasteiger partial charge >= 0.3 is 0 Å². The molecular weight excluding hydrogens is 522 g/mol. The smallest absolute Gasteiger partial charge is 0.205 e. The Kier molecular flexibility index (Phi) is 5.84. The maximum Gasteiger partial charge on any atom is 0.205 e. The molecule has 0 radical (unpaired) electrons. The van der Waals surface area contributed by atoms with E-state index in [1.807, 2.05) is 12.3 Å². The molecule has 2 heterocycles. The van der Waals surface area contributed by atoms with Gasteiger partial charge < -0.3 is 4.57 Å². The molecule has 0 unspecified atom stereocenters. The highest BCUT2D eigenvalue weighted by molar-refractivity contribution is 6.24. The predicted octanol–water partition coefficient (Wildman–Crippen LogP) is 10.9. The fourth-order valence-corrected chi connectivity index (χ4v) is 6.30. The molecule has 0 amide bonds. The van der Waals surface area contributed by atoms with Gasteiger partial charge in [0.2, 0.25) is 5.69 Å². The monoisotopic (exact) mass is 547 g/mol. The first-order chi connectivity index (χ1) is 21.3. The van der Waals surface area contributed by atoms with E-state index in [0.717, 1.165) is 22.4 Å². The minimum Gasteiger partial charge on any atom is -0.309 e. The van der Waals surface area contributed by atoms with Crippen LogP contribution >= 0.6 is 0 Å². The molecule has 3 nitrogen and oxygen atoms in total. The van der Waals surface area contributed by atoms with E-state index < -0.39 is 0 Å². The van der Waals surface area contributed by atoms with Crippen molar-refractivity contribution in [2.75, 3.05) is 0 Å². The van der Waals surface area contributed by atoms with Crippen LogP contribution in [0.15, 0.2) is 152 Å². The summed E-state index contributed by atoms with van der Waals surface area (Å²) in [6, 6.07) is 49.6. The van der Waals surface area contributed by atoms with Crippen molar-refractivity contribution in [2.45, 2.75) is 0 Å². The van der Waals surface area contributed by atoms with E-state index >= 15 is 0 Å². The van der Waals surface area contributed by atoms with Gasteiger partial charge in [-0.2, -0.15) is 0 Å². The highest BCUT2D eigenvalue weighted by Gasteiger charge is 2.19. The second kappa shape index (κ2) is 10.1. The lowest BCUT2D eigenvalue weighted by atomic mass is 9.93. The van der Waals surface area contributed by atoms with Crippen LogP contribution in [0.1, 0.15) is 0 Å². The molecule has 2 aromatic heterocycles. The highest BCUT2D eigenvalue weighted by atomic mass is 15.0. The van der Waals surface area contributed by atoms with Crippen LogP contribution in [0.2, 0.25) is 0 Å². The molecule has 0 spiro atoms. The minimum absolute atomic E-state index is 0.539. The van der Waals surface area contributed by atoms with Crippen molar-refractivity contribution in [1.29, 1.82) is 0 Å². The maximum atomic E-state index is 7.43.